The third kappa shape index (κ3) is 1.79. The van der Waals surface area contributed by atoms with Gasteiger partial charge in [0.1, 0.15) is 16.5 Å². The number of imidazole rings is 1. The average molecular weight is 292 g/mol. The van der Waals surface area contributed by atoms with Crippen molar-refractivity contribution in [2.75, 3.05) is 11.4 Å². The van der Waals surface area contributed by atoms with E-state index in [2.05, 4.69) is 24.4 Å². The zero-order valence-electron chi connectivity index (χ0n) is 9.95. The Morgan fingerprint density at radius 3 is 3.16 bits per heavy atom. The maximum atomic E-state index is 6.02. The number of aromatic nitrogens is 4. The highest BCUT2D eigenvalue weighted by atomic mass is 35.5. The van der Waals surface area contributed by atoms with E-state index < -0.39 is 0 Å². The summed E-state index contributed by atoms with van der Waals surface area (Å²) in [5.41, 5.74) is 0. The topological polar surface area (TPSA) is 46.8 Å². The first kappa shape index (κ1) is 11.2. The third-order valence-electron chi connectivity index (χ3n) is 3.32. The molecule has 0 fully saturated rings. The fraction of sp³-hybridized carbons (Fsp3) is 0.250. The van der Waals surface area contributed by atoms with Crippen LogP contribution in [-0.2, 0) is 13.1 Å². The molecule has 0 unspecified atom stereocenters. The molecule has 4 rings (SSSR count). The van der Waals surface area contributed by atoms with Gasteiger partial charge in [0.15, 0.2) is 0 Å². The van der Waals surface area contributed by atoms with Gasteiger partial charge >= 0.3 is 0 Å². The van der Waals surface area contributed by atoms with E-state index in [9.17, 15) is 0 Å². The van der Waals surface area contributed by atoms with Crippen LogP contribution in [0.2, 0.25) is 5.28 Å². The Morgan fingerprint density at radius 2 is 2.21 bits per heavy atom. The minimum absolute atomic E-state index is 0.305. The summed E-state index contributed by atoms with van der Waals surface area (Å²) in [5, 5.41) is 3.39. The van der Waals surface area contributed by atoms with Crippen molar-refractivity contribution >= 4 is 39.0 Å². The SMILES string of the molecule is Clc1nc(N2CCn3ccnc3C2)c2ccsc2n1. The van der Waals surface area contributed by atoms with E-state index in [1.54, 1.807) is 11.3 Å². The van der Waals surface area contributed by atoms with Crippen LogP contribution in [0.4, 0.5) is 5.82 Å². The smallest absolute Gasteiger partial charge is 0.225 e. The van der Waals surface area contributed by atoms with E-state index in [1.165, 1.54) is 0 Å². The standard InChI is InChI=1S/C12H10ClN5S/c13-12-15-10(8-1-6-19-11(8)16-12)18-5-4-17-3-2-14-9(17)7-18/h1-3,6H,4-5,7H2. The van der Waals surface area contributed by atoms with Gasteiger partial charge in [0.2, 0.25) is 5.28 Å². The second-order valence-corrected chi connectivity index (χ2v) is 5.65. The Bertz CT molecular complexity index is 750. The highest BCUT2D eigenvalue weighted by molar-refractivity contribution is 7.16. The van der Waals surface area contributed by atoms with Gasteiger partial charge in [-0.2, -0.15) is 4.98 Å². The van der Waals surface area contributed by atoms with Gasteiger partial charge in [0.05, 0.1) is 11.9 Å². The van der Waals surface area contributed by atoms with Crippen LogP contribution in [0.5, 0.6) is 0 Å². The van der Waals surface area contributed by atoms with Crippen molar-refractivity contribution in [3.63, 3.8) is 0 Å². The van der Waals surface area contributed by atoms with Crippen molar-refractivity contribution in [2.24, 2.45) is 0 Å². The Morgan fingerprint density at radius 1 is 1.26 bits per heavy atom. The van der Waals surface area contributed by atoms with Gasteiger partial charge in [-0.1, -0.05) is 0 Å². The predicted octanol–water partition coefficient (Wildman–Crippen LogP) is 2.56. The first-order valence-corrected chi connectivity index (χ1v) is 7.23. The summed E-state index contributed by atoms with van der Waals surface area (Å²) >= 11 is 7.60. The monoisotopic (exact) mass is 291 g/mol. The van der Waals surface area contributed by atoms with Crippen molar-refractivity contribution in [3.05, 3.63) is 34.9 Å². The lowest BCUT2D eigenvalue weighted by atomic mass is 10.3. The number of hydrogen-bond donors (Lipinski definition) is 0. The molecule has 1 aliphatic heterocycles. The molecule has 0 bridgehead atoms. The Hall–Kier alpha value is -1.66. The van der Waals surface area contributed by atoms with Crippen molar-refractivity contribution in [1.82, 2.24) is 19.5 Å². The number of thiophene rings is 1. The molecule has 3 aromatic heterocycles. The van der Waals surface area contributed by atoms with Gasteiger partial charge in [-0.05, 0) is 23.0 Å². The number of nitrogens with zero attached hydrogens (tertiary/aromatic N) is 5. The summed E-state index contributed by atoms with van der Waals surface area (Å²) in [6.45, 7) is 2.58. The van der Waals surface area contributed by atoms with E-state index in [1.807, 2.05) is 23.8 Å². The molecule has 96 valence electrons. The molecule has 0 aliphatic carbocycles. The van der Waals surface area contributed by atoms with Crippen LogP contribution < -0.4 is 4.90 Å². The fourth-order valence-corrected chi connectivity index (χ4v) is 3.38. The summed E-state index contributed by atoms with van der Waals surface area (Å²) < 4.78 is 2.17. The number of hydrogen-bond acceptors (Lipinski definition) is 5. The van der Waals surface area contributed by atoms with Crippen LogP contribution in [-0.4, -0.2) is 26.1 Å². The molecule has 19 heavy (non-hydrogen) atoms. The summed E-state index contributed by atoms with van der Waals surface area (Å²) in [6, 6.07) is 2.05. The molecule has 5 nitrogen and oxygen atoms in total. The van der Waals surface area contributed by atoms with Gasteiger partial charge in [-0.25, -0.2) is 9.97 Å². The van der Waals surface area contributed by atoms with Gasteiger partial charge in [-0.15, -0.1) is 11.3 Å². The molecule has 0 saturated heterocycles. The molecule has 0 N–H and O–H groups in total. The van der Waals surface area contributed by atoms with Gasteiger partial charge in [0, 0.05) is 25.5 Å². The van der Waals surface area contributed by atoms with Crippen molar-refractivity contribution in [2.45, 2.75) is 13.1 Å². The van der Waals surface area contributed by atoms with Crippen LogP contribution in [0, 0.1) is 0 Å². The van der Waals surface area contributed by atoms with Crippen molar-refractivity contribution in [1.29, 1.82) is 0 Å². The molecular formula is C12H10ClN5S. The van der Waals surface area contributed by atoms with Crippen molar-refractivity contribution < 1.29 is 0 Å². The van der Waals surface area contributed by atoms with Crippen LogP contribution in [0.15, 0.2) is 23.8 Å². The maximum absolute atomic E-state index is 6.02. The molecule has 0 atom stereocenters. The molecular weight excluding hydrogens is 282 g/mol. The summed E-state index contributed by atoms with van der Waals surface area (Å²) in [6.07, 6.45) is 3.85. The summed E-state index contributed by atoms with van der Waals surface area (Å²) in [5.74, 6) is 1.97. The quantitative estimate of drug-likeness (QED) is 0.647. The molecule has 7 heteroatoms. The largest absolute Gasteiger partial charge is 0.347 e. The van der Waals surface area contributed by atoms with Gasteiger partial charge in [0.25, 0.3) is 0 Å². The lowest BCUT2D eigenvalue weighted by Crippen LogP contribution is -2.34. The van der Waals surface area contributed by atoms with Crippen molar-refractivity contribution in [3.8, 4) is 0 Å². The second kappa shape index (κ2) is 4.18. The Kier molecular flexibility index (Phi) is 2.46. The van der Waals surface area contributed by atoms with Crippen LogP contribution in [0.1, 0.15) is 5.82 Å². The van der Waals surface area contributed by atoms with Gasteiger partial charge in [-0.3, -0.25) is 0 Å². The van der Waals surface area contributed by atoms with Crippen LogP contribution in [0.3, 0.4) is 0 Å². The minimum atomic E-state index is 0.305. The van der Waals surface area contributed by atoms with Crippen LogP contribution >= 0.6 is 22.9 Å². The van der Waals surface area contributed by atoms with E-state index in [0.717, 1.165) is 41.5 Å². The second-order valence-electron chi connectivity index (χ2n) is 4.41. The Balaban J connectivity index is 1.81. The van der Waals surface area contributed by atoms with E-state index in [0.29, 0.717) is 5.28 Å². The Labute approximate surface area is 118 Å². The minimum Gasteiger partial charge on any atom is -0.347 e. The number of anilines is 1. The molecule has 0 spiro atoms. The molecule has 0 amide bonds. The van der Waals surface area contributed by atoms with Gasteiger partial charge < -0.3 is 9.47 Å². The van der Waals surface area contributed by atoms with E-state index >= 15 is 0 Å². The molecule has 0 saturated carbocycles. The van der Waals surface area contributed by atoms with E-state index in [-0.39, 0.29) is 0 Å². The normalized spacial score (nSPS) is 14.9. The average Bonchev–Trinajstić information content (AvgIpc) is 3.04. The van der Waals surface area contributed by atoms with E-state index in [4.69, 9.17) is 11.6 Å². The summed E-state index contributed by atoms with van der Waals surface area (Å²) in [4.78, 5) is 16.2. The molecule has 3 aromatic rings. The third-order valence-corrected chi connectivity index (χ3v) is 4.30. The first-order chi connectivity index (χ1) is 9.31. The molecule has 4 heterocycles. The highest BCUT2D eigenvalue weighted by Crippen LogP contribution is 2.30. The maximum Gasteiger partial charge on any atom is 0.225 e. The zero-order chi connectivity index (χ0) is 12.8. The highest BCUT2D eigenvalue weighted by Gasteiger charge is 2.21. The molecule has 1 aliphatic rings. The number of halogens is 1. The summed E-state index contributed by atoms with van der Waals surface area (Å²) in [7, 11) is 0. The molecule has 0 radical (unpaired) electrons. The fourth-order valence-electron chi connectivity index (χ4n) is 2.41. The lowest BCUT2D eigenvalue weighted by molar-refractivity contribution is 0.557. The lowest BCUT2D eigenvalue weighted by Gasteiger charge is -2.29. The first-order valence-electron chi connectivity index (χ1n) is 5.97. The van der Waals surface area contributed by atoms with Crippen LogP contribution in [0.25, 0.3) is 10.2 Å². The molecule has 0 aromatic carbocycles. The number of rotatable bonds is 1. The zero-order valence-corrected chi connectivity index (χ0v) is 11.5. The number of fused-ring (bicyclic) bond motifs is 2. The predicted molar refractivity (Wildman–Crippen MR) is 75.7 cm³/mol.